The maximum atomic E-state index is 5.14. The van der Waals surface area contributed by atoms with Crippen LogP contribution in [0, 0.1) is 11.3 Å². The molecule has 1 fully saturated rings. The van der Waals surface area contributed by atoms with E-state index in [0.29, 0.717) is 5.41 Å². The second kappa shape index (κ2) is 6.47. The maximum absolute atomic E-state index is 5.14. The fourth-order valence-corrected chi connectivity index (χ4v) is 4.25. The van der Waals surface area contributed by atoms with Crippen molar-refractivity contribution in [1.29, 1.82) is 0 Å². The first-order valence-electron chi connectivity index (χ1n) is 7.88. The minimum Gasteiger partial charge on any atom is -0.383 e. The summed E-state index contributed by atoms with van der Waals surface area (Å²) < 4.78 is 6.55. The van der Waals surface area contributed by atoms with E-state index in [4.69, 9.17) is 4.74 Å². The molecule has 0 spiro atoms. The van der Waals surface area contributed by atoms with Gasteiger partial charge in [-0.15, -0.1) is 11.3 Å². The fourth-order valence-electron chi connectivity index (χ4n) is 3.28. The number of methoxy groups -OCH3 is 1. The predicted molar refractivity (Wildman–Crippen MR) is 91.1 cm³/mol. The molecule has 0 saturated heterocycles. The summed E-state index contributed by atoms with van der Waals surface area (Å²) in [7, 11) is 1.76. The van der Waals surface area contributed by atoms with Gasteiger partial charge in [-0.1, -0.05) is 25.1 Å². The number of rotatable bonds is 8. The molecule has 1 saturated carbocycles. The van der Waals surface area contributed by atoms with Crippen LogP contribution in [0.3, 0.4) is 0 Å². The molecule has 114 valence electrons. The summed E-state index contributed by atoms with van der Waals surface area (Å²) in [6.07, 6.45) is 3.97. The first-order chi connectivity index (χ1) is 10.2. The van der Waals surface area contributed by atoms with Crippen molar-refractivity contribution in [3.63, 3.8) is 0 Å². The van der Waals surface area contributed by atoms with Crippen molar-refractivity contribution in [3.8, 4) is 0 Å². The lowest BCUT2D eigenvalue weighted by Crippen LogP contribution is -2.37. The zero-order chi connectivity index (χ0) is 14.7. The third kappa shape index (κ3) is 3.47. The van der Waals surface area contributed by atoms with Crippen LogP contribution < -0.4 is 5.32 Å². The van der Waals surface area contributed by atoms with E-state index in [1.807, 2.05) is 11.3 Å². The molecule has 2 nitrogen and oxygen atoms in total. The van der Waals surface area contributed by atoms with Gasteiger partial charge in [-0.3, -0.25) is 0 Å². The van der Waals surface area contributed by atoms with E-state index in [9.17, 15) is 0 Å². The van der Waals surface area contributed by atoms with Crippen molar-refractivity contribution in [3.05, 3.63) is 35.2 Å². The average Bonchev–Trinajstić information content (AvgIpc) is 3.28. The lowest BCUT2D eigenvalue weighted by Gasteiger charge is -2.30. The molecule has 1 unspecified atom stereocenters. The largest absolute Gasteiger partial charge is 0.383 e. The Morgan fingerprint density at radius 2 is 2.14 bits per heavy atom. The highest BCUT2D eigenvalue weighted by molar-refractivity contribution is 7.17. The molecule has 1 aliphatic carbocycles. The topological polar surface area (TPSA) is 21.3 Å². The molecule has 1 heterocycles. The van der Waals surface area contributed by atoms with Crippen LogP contribution in [0.1, 0.15) is 25.3 Å². The summed E-state index contributed by atoms with van der Waals surface area (Å²) in [5, 5.41) is 7.40. The van der Waals surface area contributed by atoms with Crippen molar-refractivity contribution < 1.29 is 4.74 Å². The van der Waals surface area contributed by atoms with Gasteiger partial charge in [0.2, 0.25) is 0 Å². The molecule has 0 aliphatic heterocycles. The molecule has 3 rings (SSSR count). The molecular weight excluding hydrogens is 278 g/mol. The average molecular weight is 303 g/mol. The highest BCUT2D eigenvalue weighted by Crippen LogP contribution is 2.48. The number of thiophene rings is 1. The normalized spacial score (nSPS) is 18.0. The van der Waals surface area contributed by atoms with Gasteiger partial charge in [-0.2, -0.15) is 0 Å². The van der Waals surface area contributed by atoms with Crippen molar-refractivity contribution in [2.45, 2.75) is 26.2 Å². The first kappa shape index (κ1) is 15.0. The molecule has 0 bridgehead atoms. The van der Waals surface area contributed by atoms with Gasteiger partial charge < -0.3 is 10.1 Å². The summed E-state index contributed by atoms with van der Waals surface area (Å²) in [4.78, 5) is 0. The van der Waals surface area contributed by atoms with E-state index in [2.05, 4.69) is 41.9 Å². The van der Waals surface area contributed by atoms with Gasteiger partial charge in [0.15, 0.2) is 0 Å². The summed E-state index contributed by atoms with van der Waals surface area (Å²) in [5.74, 6) is 0.881. The Labute approximate surface area is 131 Å². The number of fused-ring (bicyclic) bond motifs is 1. The third-order valence-corrected chi connectivity index (χ3v) is 5.74. The molecule has 1 aromatic heterocycles. The van der Waals surface area contributed by atoms with Gasteiger partial charge in [0.25, 0.3) is 0 Å². The van der Waals surface area contributed by atoms with Crippen LogP contribution in [0.4, 0.5) is 0 Å². The molecular formula is C18H25NOS. The lowest BCUT2D eigenvalue weighted by molar-refractivity contribution is 0.187. The number of nitrogens with one attached hydrogen (secondary N) is 1. The van der Waals surface area contributed by atoms with Crippen LogP contribution in [0.25, 0.3) is 10.1 Å². The molecule has 0 radical (unpaired) electrons. The second-order valence-electron chi connectivity index (χ2n) is 6.53. The van der Waals surface area contributed by atoms with Crippen LogP contribution in [0.2, 0.25) is 0 Å². The Bertz CT molecular complexity index is 590. The Morgan fingerprint density at radius 3 is 2.90 bits per heavy atom. The standard InChI is InChI=1S/C18H25NOS/c1-18(15-7-8-15,13-19-9-10-20-2)11-14-12-21-17-6-4-3-5-16(14)17/h3-6,12,15,19H,7-11,13H2,1-2H3. The fraction of sp³-hybridized carbons (Fsp3) is 0.556. The highest BCUT2D eigenvalue weighted by atomic mass is 32.1. The van der Waals surface area contributed by atoms with Crippen molar-refractivity contribution >= 4 is 21.4 Å². The van der Waals surface area contributed by atoms with Gasteiger partial charge in [0.1, 0.15) is 0 Å². The Balaban J connectivity index is 1.72. The Hall–Kier alpha value is -0.900. The highest BCUT2D eigenvalue weighted by Gasteiger charge is 2.41. The Kier molecular flexibility index (Phi) is 4.63. The minimum absolute atomic E-state index is 0.373. The SMILES string of the molecule is COCCNCC(C)(Cc1csc2ccccc12)C1CC1. The molecule has 1 atom stereocenters. The molecule has 1 N–H and O–H groups in total. The monoisotopic (exact) mass is 303 g/mol. The molecule has 3 heteroatoms. The van der Waals surface area contributed by atoms with E-state index in [-0.39, 0.29) is 0 Å². The minimum atomic E-state index is 0.373. The summed E-state index contributed by atoms with van der Waals surface area (Å²) in [6.45, 7) is 5.29. The van der Waals surface area contributed by atoms with Gasteiger partial charge in [-0.25, -0.2) is 0 Å². The van der Waals surface area contributed by atoms with Gasteiger partial charge >= 0.3 is 0 Å². The zero-order valence-electron chi connectivity index (χ0n) is 13.0. The maximum Gasteiger partial charge on any atom is 0.0587 e. The van der Waals surface area contributed by atoms with Crippen molar-refractivity contribution in [2.75, 3.05) is 26.8 Å². The van der Waals surface area contributed by atoms with E-state index >= 15 is 0 Å². The predicted octanol–water partition coefficient (Wildman–Crippen LogP) is 4.10. The van der Waals surface area contributed by atoms with Crippen LogP contribution in [0.5, 0.6) is 0 Å². The van der Waals surface area contributed by atoms with E-state index in [1.54, 1.807) is 7.11 Å². The Morgan fingerprint density at radius 1 is 1.33 bits per heavy atom. The summed E-state index contributed by atoms with van der Waals surface area (Å²) in [5.41, 5.74) is 1.90. The third-order valence-electron chi connectivity index (χ3n) is 4.73. The molecule has 2 aromatic rings. The van der Waals surface area contributed by atoms with Crippen molar-refractivity contribution in [1.82, 2.24) is 5.32 Å². The van der Waals surface area contributed by atoms with Gasteiger partial charge in [0.05, 0.1) is 6.61 Å². The molecule has 0 amide bonds. The van der Waals surface area contributed by atoms with Crippen LogP contribution in [-0.2, 0) is 11.2 Å². The number of ether oxygens (including phenoxy) is 1. The zero-order valence-corrected chi connectivity index (χ0v) is 13.8. The molecule has 1 aromatic carbocycles. The summed E-state index contributed by atoms with van der Waals surface area (Å²) >= 11 is 1.88. The van der Waals surface area contributed by atoms with Crippen LogP contribution in [-0.4, -0.2) is 26.8 Å². The molecule has 21 heavy (non-hydrogen) atoms. The van der Waals surface area contributed by atoms with Gasteiger partial charge in [0, 0.05) is 24.9 Å². The first-order valence-corrected chi connectivity index (χ1v) is 8.76. The van der Waals surface area contributed by atoms with Crippen molar-refractivity contribution in [2.24, 2.45) is 11.3 Å². The van der Waals surface area contributed by atoms with Crippen LogP contribution in [0.15, 0.2) is 29.6 Å². The smallest absolute Gasteiger partial charge is 0.0587 e. The van der Waals surface area contributed by atoms with E-state index in [0.717, 1.165) is 25.6 Å². The number of hydrogen-bond acceptors (Lipinski definition) is 3. The number of hydrogen-bond donors (Lipinski definition) is 1. The molecule has 1 aliphatic rings. The lowest BCUT2D eigenvalue weighted by atomic mass is 9.79. The quantitative estimate of drug-likeness (QED) is 0.741. The van der Waals surface area contributed by atoms with Crippen LogP contribution >= 0.6 is 11.3 Å². The van der Waals surface area contributed by atoms with Gasteiger partial charge in [-0.05, 0) is 53.0 Å². The summed E-state index contributed by atoms with van der Waals surface area (Å²) in [6, 6.07) is 8.79. The van der Waals surface area contributed by atoms with E-state index in [1.165, 1.54) is 34.9 Å². The van der Waals surface area contributed by atoms with E-state index < -0.39 is 0 Å². The second-order valence-corrected chi connectivity index (χ2v) is 7.44. The number of benzene rings is 1.